The molecule has 0 aliphatic rings. The molecule has 0 aliphatic heterocycles. The van der Waals surface area contributed by atoms with Crippen molar-refractivity contribution in [3.63, 3.8) is 0 Å². The standard InChI is InChI=1S/C19H26N2/c1-15-9-8-10-16(2)18(15)13-20-14-19(21(3)4)17-11-6-5-7-12-17/h5-12,19-20H,13-14H2,1-4H3. The molecule has 1 unspecified atom stereocenters. The van der Waals surface area contributed by atoms with Crippen LogP contribution in [0.2, 0.25) is 0 Å². The van der Waals surface area contributed by atoms with Crippen LogP contribution in [0, 0.1) is 13.8 Å². The predicted molar refractivity (Wildman–Crippen MR) is 90.5 cm³/mol. The number of benzene rings is 2. The Balaban J connectivity index is 2.00. The number of nitrogens with zero attached hydrogens (tertiary/aromatic N) is 1. The van der Waals surface area contributed by atoms with E-state index >= 15 is 0 Å². The molecule has 0 aromatic heterocycles. The van der Waals surface area contributed by atoms with Gasteiger partial charge in [0.2, 0.25) is 0 Å². The van der Waals surface area contributed by atoms with Gasteiger partial charge in [0.15, 0.2) is 0 Å². The molecule has 2 aromatic carbocycles. The predicted octanol–water partition coefficient (Wildman–Crippen LogP) is 3.70. The van der Waals surface area contributed by atoms with Crippen LogP contribution in [0.4, 0.5) is 0 Å². The molecule has 2 heteroatoms. The largest absolute Gasteiger partial charge is 0.311 e. The SMILES string of the molecule is Cc1cccc(C)c1CNCC(c1ccccc1)N(C)C. The summed E-state index contributed by atoms with van der Waals surface area (Å²) in [4.78, 5) is 2.27. The van der Waals surface area contributed by atoms with Crippen molar-refractivity contribution in [2.75, 3.05) is 20.6 Å². The summed E-state index contributed by atoms with van der Waals surface area (Å²) in [5.41, 5.74) is 5.51. The van der Waals surface area contributed by atoms with Crippen molar-refractivity contribution >= 4 is 0 Å². The number of likely N-dealkylation sites (N-methyl/N-ethyl adjacent to an activating group) is 1. The Morgan fingerprint density at radius 1 is 0.905 bits per heavy atom. The molecule has 0 spiro atoms. The highest BCUT2D eigenvalue weighted by molar-refractivity contribution is 5.33. The molecule has 1 N–H and O–H groups in total. The second-order valence-electron chi connectivity index (χ2n) is 5.89. The van der Waals surface area contributed by atoms with Gasteiger partial charge in [-0.3, -0.25) is 0 Å². The van der Waals surface area contributed by atoms with Crippen molar-refractivity contribution in [2.45, 2.75) is 26.4 Å². The Morgan fingerprint density at radius 3 is 2.10 bits per heavy atom. The molecule has 0 heterocycles. The van der Waals surface area contributed by atoms with Crippen molar-refractivity contribution in [3.05, 3.63) is 70.8 Å². The molecule has 0 amide bonds. The van der Waals surface area contributed by atoms with Gasteiger partial charge in [-0.15, -0.1) is 0 Å². The van der Waals surface area contributed by atoms with Gasteiger partial charge in [0.25, 0.3) is 0 Å². The lowest BCUT2D eigenvalue weighted by atomic mass is 10.0. The highest BCUT2D eigenvalue weighted by Crippen LogP contribution is 2.18. The van der Waals surface area contributed by atoms with Crippen molar-refractivity contribution < 1.29 is 0 Å². The molecule has 0 aliphatic carbocycles. The second-order valence-corrected chi connectivity index (χ2v) is 5.89. The van der Waals surface area contributed by atoms with Crippen LogP contribution in [0.3, 0.4) is 0 Å². The van der Waals surface area contributed by atoms with Crippen LogP contribution in [0.5, 0.6) is 0 Å². The molecular formula is C19H26N2. The van der Waals surface area contributed by atoms with E-state index in [0.29, 0.717) is 6.04 Å². The van der Waals surface area contributed by atoms with Gasteiger partial charge < -0.3 is 10.2 Å². The summed E-state index contributed by atoms with van der Waals surface area (Å²) < 4.78 is 0. The maximum Gasteiger partial charge on any atom is 0.0466 e. The Morgan fingerprint density at radius 2 is 1.52 bits per heavy atom. The molecule has 2 rings (SSSR count). The first-order valence-corrected chi connectivity index (χ1v) is 7.56. The number of hydrogen-bond donors (Lipinski definition) is 1. The average molecular weight is 282 g/mol. The molecular weight excluding hydrogens is 256 g/mol. The second kappa shape index (κ2) is 7.39. The van der Waals surface area contributed by atoms with Gasteiger partial charge in [-0.1, -0.05) is 48.5 Å². The Bertz CT molecular complexity index is 541. The fraction of sp³-hybridized carbons (Fsp3) is 0.368. The van der Waals surface area contributed by atoms with E-state index in [9.17, 15) is 0 Å². The quantitative estimate of drug-likeness (QED) is 0.869. The smallest absolute Gasteiger partial charge is 0.0466 e. The lowest BCUT2D eigenvalue weighted by molar-refractivity contribution is 0.288. The minimum atomic E-state index is 0.399. The zero-order chi connectivity index (χ0) is 15.2. The summed E-state index contributed by atoms with van der Waals surface area (Å²) >= 11 is 0. The van der Waals surface area contributed by atoms with Gasteiger partial charge in [0.1, 0.15) is 0 Å². The van der Waals surface area contributed by atoms with Gasteiger partial charge in [-0.05, 0) is 50.2 Å². The third kappa shape index (κ3) is 4.16. The van der Waals surface area contributed by atoms with Gasteiger partial charge in [-0.25, -0.2) is 0 Å². The lowest BCUT2D eigenvalue weighted by Gasteiger charge is -2.25. The molecule has 1 atom stereocenters. The van der Waals surface area contributed by atoms with E-state index in [1.807, 2.05) is 0 Å². The number of hydrogen-bond acceptors (Lipinski definition) is 2. The Labute approximate surface area is 128 Å². The van der Waals surface area contributed by atoms with E-state index in [1.54, 1.807) is 0 Å². The highest BCUT2D eigenvalue weighted by Gasteiger charge is 2.13. The van der Waals surface area contributed by atoms with E-state index in [2.05, 4.69) is 86.7 Å². The van der Waals surface area contributed by atoms with E-state index in [1.165, 1.54) is 22.3 Å². The van der Waals surface area contributed by atoms with E-state index in [-0.39, 0.29) is 0 Å². The van der Waals surface area contributed by atoms with Crippen LogP contribution < -0.4 is 5.32 Å². The number of rotatable bonds is 6. The molecule has 2 aromatic rings. The van der Waals surface area contributed by atoms with Crippen molar-refractivity contribution in [2.24, 2.45) is 0 Å². The maximum absolute atomic E-state index is 3.62. The fourth-order valence-corrected chi connectivity index (χ4v) is 2.74. The maximum atomic E-state index is 3.62. The number of nitrogens with one attached hydrogen (secondary N) is 1. The van der Waals surface area contributed by atoms with Crippen LogP contribution in [0.25, 0.3) is 0 Å². The topological polar surface area (TPSA) is 15.3 Å². The van der Waals surface area contributed by atoms with E-state index in [4.69, 9.17) is 0 Å². The Kier molecular flexibility index (Phi) is 5.54. The van der Waals surface area contributed by atoms with Crippen LogP contribution in [-0.2, 0) is 6.54 Å². The first-order valence-electron chi connectivity index (χ1n) is 7.56. The summed E-state index contributed by atoms with van der Waals surface area (Å²) in [5.74, 6) is 0. The summed E-state index contributed by atoms with van der Waals surface area (Å²) in [6, 6.07) is 17.6. The summed E-state index contributed by atoms with van der Waals surface area (Å²) in [6.45, 7) is 6.25. The third-order valence-electron chi connectivity index (χ3n) is 4.09. The van der Waals surface area contributed by atoms with Crippen LogP contribution in [0.15, 0.2) is 48.5 Å². The molecule has 112 valence electrons. The van der Waals surface area contributed by atoms with Crippen LogP contribution >= 0.6 is 0 Å². The molecule has 0 bridgehead atoms. The van der Waals surface area contributed by atoms with Gasteiger partial charge in [-0.2, -0.15) is 0 Å². The van der Waals surface area contributed by atoms with Gasteiger partial charge in [0.05, 0.1) is 0 Å². The lowest BCUT2D eigenvalue weighted by Crippen LogP contribution is -2.31. The van der Waals surface area contributed by atoms with Gasteiger partial charge >= 0.3 is 0 Å². The number of aryl methyl sites for hydroxylation is 2. The minimum Gasteiger partial charge on any atom is -0.311 e. The monoisotopic (exact) mass is 282 g/mol. The summed E-state index contributed by atoms with van der Waals surface area (Å²) in [6.07, 6.45) is 0. The molecule has 0 saturated heterocycles. The Hall–Kier alpha value is -1.64. The zero-order valence-corrected chi connectivity index (χ0v) is 13.6. The molecule has 0 radical (unpaired) electrons. The summed E-state index contributed by atoms with van der Waals surface area (Å²) in [7, 11) is 4.27. The molecule has 0 fully saturated rings. The summed E-state index contributed by atoms with van der Waals surface area (Å²) in [5, 5.41) is 3.62. The zero-order valence-electron chi connectivity index (χ0n) is 13.6. The first kappa shape index (κ1) is 15.7. The van der Waals surface area contributed by atoms with E-state index < -0.39 is 0 Å². The van der Waals surface area contributed by atoms with Gasteiger partial charge in [0, 0.05) is 19.1 Å². The van der Waals surface area contributed by atoms with Crippen LogP contribution in [-0.4, -0.2) is 25.5 Å². The minimum absolute atomic E-state index is 0.399. The first-order chi connectivity index (χ1) is 10.1. The molecule has 2 nitrogen and oxygen atoms in total. The van der Waals surface area contributed by atoms with Crippen LogP contribution in [0.1, 0.15) is 28.3 Å². The van der Waals surface area contributed by atoms with Crippen molar-refractivity contribution in [1.29, 1.82) is 0 Å². The van der Waals surface area contributed by atoms with Crippen molar-refractivity contribution in [1.82, 2.24) is 10.2 Å². The van der Waals surface area contributed by atoms with E-state index in [0.717, 1.165) is 13.1 Å². The van der Waals surface area contributed by atoms with Crippen molar-refractivity contribution in [3.8, 4) is 0 Å². The normalized spacial score (nSPS) is 12.6. The highest BCUT2D eigenvalue weighted by atomic mass is 15.1. The average Bonchev–Trinajstić information content (AvgIpc) is 2.46. The fourth-order valence-electron chi connectivity index (χ4n) is 2.74. The third-order valence-corrected chi connectivity index (χ3v) is 4.09. The molecule has 0 saturated carbocycles. The molecule has 21 heavy (non-hydrogen) atoms.